The van der Waals surface area contributed by atoms with E-state index in [0.717, 1.165) is 25.7 Å². The summed E-state index contributed by atoms with van der Waals surface area (Å²) < 4.78 is 15.4. The first-order chi connectivity index (χ1) is 9.30. The summed E-state index contributed by atoms with van der Waals surface area (Å²) in [6, 6.07) is 0. The number of ether oxygens (including phenoxy) is 3. The van der Waals surface area contributed by atoms with Gasteiger partial charge in [-0.2, -0.15) is 0 Å². The normalized spacial score (nSPS) is 23.2. The number of carbonyl (C=O) groups is 2. The number of methoxy groups -OCH3 is 1. The van der Waals surface area contributed by atoms with Crippen molar-refractivity contribution in [3.63, 3.8) is 0 Å². The average Bonchev–Trinajstić information content (AvgIpc) is 2.36. The molecule has 1 rings (SSSR count). The van der Waals surface area contributed by atoms with Crippen LogP contribution >= 0.6 is 0 Å². The highest BCUT2D eigenvalue weighted by Crippen LogP contribution is 2.28. The van der Waals surface area contributed by atoms with E-state index in [1.165, 1.54) is 7.11 Å². The zero-order valence-corrected chi connectivity index (χ0v) is 12.9. The molecule has 0 atom stereocenters. The molecule has 1 aliphatic rings. The molecule has 0 amide bonds. The van der Waals surface area contributed by atoms with Crippen molar-refractivity contribution in [3.05, 3.63) is 0 Å². The molecule has 0 aromatic carbocycles. The van der Waals surface area contributed by atoms with Crippen molar-refractivity contribution in [2.45, 2.75) is 64.6 Å². The van der Waals surface area contributed by atoms with Crippen molar-refractivity contribution in [1.82, 2.24) is 0 Å². The highest BCUT2D eigenvalue weighted by atomic mass is 16.6. The molecule has 1 aliphatic carbocycles. The topological polar surface area (TPSA) is 61.8 Å². The molecule has 0 heterocycles. The van der Waals surface area contributed by atoms with Gasteiger partial charge in [0, 0.05) is 6.42 Å². The molecule has 1 fully saturated rings. The maximum Gasteiger partial charge on any atom is 0.332 e. The zero-order chi connectivity index (χ0) is 15.2. The largest absolute Gasteiger partial charge is 0.469 e. The molecular weight excluding hydrogens is 260 g/mol. The third kappa shape index (κ3) is 6.89. The van der Waals surface area contributed by atoms with Crippen molar-refractivity contribution < 1.29 is 23.8 Å². The minimum atomic E-state index is -0.474. The third-order valence-corrected chi connectivity index (χ3v) is 3.33. The third-order valence-electron chi connectivity index (χ3n) is 3.33. The quantitative estimate of drug-likeness (QED) is 0.727. The SMILES string of the molecule is COC(=O)CC1CCC(OCC(=O)OC(C)(C)C)CC1. The van der Waals surface area contributed by atoms with E-state index in [1.807, 2.05) is 20.8 Å². The standard InChI is InChI=1S/C15H26O5/c1-15(2,3)20-14(17)10-19-12-7-5-11(6-8-12)9-13(16)18-4/h11-12H,5-10H2,1-4H3. The Morgan fingerprint density at radius 2 is 1.65 bits per heavy atom. The van der Waals surface area contributed by atoms with Gasteiger partial charge in [-0.25, -0.2) is 4.79 Å². The van der Waals surface area contributed by atoms with Crippen LogP contribution < -0.4 is 0 Å². The number of hydrogen-bond donors (Lipinski definition) is 0. The average molecular weight is 286 g/mol. The van der Waals surface area contributed by atoms with E-state index in [1.54, 1.807) is 0 Å². The predicted molar refractivity (Wildman–Crippen MR) is 74.2 cm³/mol. The lowest BCUT2D eigenvalue weighted by atomic mass is 9.85. The number of rotatable bonds is 5. The second-order valence-corrected chi connectivity index (χ2v) is 6.32. The molecular formula is C15H26O5. The van der Waals surface area contributed by atoms with Crippen LogP contribution in [0.25, 0.3) is 0 Å². The smallest absolute Gasteiger partial charge is 0.332 e. The van der Waals surface area contributed by atoms with Crippen molar-refractivity contribution in [2.75, 3.05) is 13.7 Å². The van der Waals surface area contributed by atoms with Gasteiger partial charge in [-0.05, 0) is 52.4 Å². The molecule has 0 N–H and O–H groups in total. The van der Waals surface area contributed by atoms with E-state index in [4.69, 9.17) is 9.47 Å². The Labute approximate surface area is 121 Å². The minimum absolute atomic E-state index is 0.00358. The predicted octanol–water partition coefficient (Wildman–Crippen LogP) is 2.47. The van der Waals surface area contributed by atoms with Gasteiger partial charge < -0.3 is 14.2 Å². The van der Waals surface area contributed by atoms with Gasteiger partial charge in [0.25, 0.3) is 0 Å². The van der Waals surface area contributed by atoms with Gasteiger partial charge in [-0.15, -0.1) is 0 Å². The monoisotopic (exact) mass is 286 g/mol. The number of hydrogen-bond acceptors (Lipinski definition) is 5. The van der Waals surface area contributed by atoms with Crippen LogP contribution in [0.15, 0.2) is 0 Å². The van der Waals surface area contributed by atoms with Crippen molar-refractivity contribution in [3.8, 4) is 0 Å². The summed E-state index contributed by atoms with van der Waals surface area (Å²) in [4.78, 5) is 22.7. The summed E-state index contributed by atoms with van der Waals surface area (Å²) in [5.41, 5.74) is -0.474. The molecule has 0 aromatic rings. The second kappa shape index (κ2) is 7.62. The molecule has 5 heteroatoms. The fraction of sp³-hybridized carbons (Fsp3) is 0.867. The fourth-order valence-electron chi connectivity index (χ4n) is 2.38. The molecule has 0 saturated heterocycles. The summed E-state index contributed by atoms with van der Waals surface area (Å²) in [5, 5.41) is 0. The highest BCUT2D eigenvalue weighted by molar-refractivity contribution is 5.71. The lowest BCUT2D eigenvalue weighted by Gasteiger charge is -2.28. The van der Waals surface area contributed by atoms with Crippen LogP contribution in [0.5, 0.6) is 0 Å². The Bertz CT molecular complexity index is 324. The second-order valence-electron chi connectivity index (χ2n) is 6.32. The molecule has 0 radical (unpaired) electrons. The lowest BCUT2D eigenvalue weighted by molar-refractivity contribution is -0.163. The molecule has 20 heavy (non-hydrogen) atoms. The van der Waals surface area contributed by atoms with E-state index in [9.17, 15) is 9.59 Å². The van der Waals surface area contributed by atoms with E-state index < -0.39 is 5.60 Å². The van der Waals surface area contributed by atoms with Gasteiger partial charge in [0.15, 0.2) is 0 Å². The first kappa shape index (κ1) is 17.0. The van der Waals surface area contributed by atoms with Crippen LogP contribution in [0.2, 0.25) is 0 Å². The summed E-state index contributed by atoms with van der Waals surface area (Å²) >= 11 is 0. The molecule has 0 aliphatic heterocycles. The number of esters is 2. The Hall–Kier alpha value is -1.10. The van der Waals surface area contributed by atoms with Gasteiger partial charge in [-0.3, -0.25) is 4.79 Å². The Morgan fingerprint density at radius 1 is 1.05 bits per heavy atom. The Balaban J connectivity index is 2.19. The van der Waals surface area contributed by atoms with Gasteiger partial charge in [0.1, 0.15) is 12.2 Å². The summed E-state index contributed by atoms with van der Waals surface area (Å²) in [6.45, 7) is 5.51. The Morgan fingerprint density at radius 3 is 2.15 bits per heavy atom. The minimum Gasteiger partial charge on any atom is -0.469 e. The van der Waals surface area contributed by atoms with Crippen LogP contribution in [0.4, 0.5) is 0 Å². The number of carbonyl (C=O) groups excluding carboxylic acids is 2. The van der Waals surface area contributed by atoms with Crippen LogP contribution in [0.1, 0.15) is 52.9 Å². The molecule has 0 bridgehead atoms. The summed E-state index contributed by atoms with van der Waals surface area (Å²) in [6.07, 6.45) is 4.21. The van der Waals surface area contributed by atoms with Gasteiger partial charge in [0.2, 0.25) is 0 Å². The first-order valence-corrected chi connectivity index (χ1v) is 7.20. The summed E-state index contributed by atoms with van der Waals surface area (Å²) in [7, 11) is 1.41. The van der Waals surface area contributed by atoms with E-state index in [-0.39, 0.29) is 24.6 Å². The van der Waals surface area contributed by atoms with Crippen LogP contribution in [0, 0.1) is 5.92 Å². The zero-order valence-electron chi connectivity index (χ0n) is 12.9. The molecule has 0 aromatic heterocycles. The maximum atomic E-state index is 11.5. The first-order valence-electron chi connectivity index (χ1n) is 7.20. The molecule has 5 nitrogen and oxygen atoms in total. The van der Waals surface area contributed by atoms with Crippen LogP contribution in [-0.2, 0) is 23.8 Å². The molecule has 0 unspecified atom stereocenters. The van der Waals surface area contributed by atoms with E-state index >= 15 is 0 Å². The van der Waals surface area contributed by atoms with Crippen molar-refractivity contribution in [1.29, 1.82) is 0 Å². The van der Waals surface area contributed by atoms with Gasteiger partial charge in [0.05, 0.1) is 13.2 Å². The maximum absolute atomic E-state index is 11.5. The lowest BCUT2D eigenvalue weighted by Crippen LogP contribution is -2.30. The molecule has 0 spiro atoms. The fourth-order valence-corrected chi connectivity index (χ4v) is 2.38. The van der Waals surface area contributed by atoms with E-state index in [2.05, 4.69) is 4.74 Å². The Kier molecular flexibility index (Phi) is 6.46. The van der Waals surface area contributed by atoms with Crippen LogP contribution in [0.3, 0.4) is 0 Å². The summed E-state index contributed by atoms with van der Waals surface area (Å²) in [5.74, 6) is -0.0962. The van der Waals surface area contributed by atoms with Crippen molar-refractivity contribution >= 4 is 11.9 Å². The molecule has 116 valence electrons. The van der Waals surface area contributed by atoms with Gasteiger partial charge >= 0.3 is 11.9 Å². The van der Waals surface area contributed by atoms with Crippen molar-refractivity contribution in [2.24, 2.45) is 5.92 Å². The van der Waals surface area contributed by atoms with Crippen LogP contribution in [-0.4, -0.2) is 37.4 Å². The van der Waals surface area contributed by atoms with Gasteiger partial charge in [-0.1, -0.05) is 0 Å². The molecule has 1 saturated carbocycles. The highest BCUT2D eigenvalue weighted by Gasteiger charge is 2.25. The van der Waals surface area contributed by atoms with E-state index in [0.29, 0.717) is 12.3 Å².